The van der Waals surface area contributed by atoms with Gasteiger partial charge in [-0.3, -0.25) is 9.59 Å². The van der Waals surface area contributed by atoms with E-state index < -0.39 is 5.54 Å². The third-order valence-corrected chi connectivity index (χ3v) is 9.97. The second-order valence-corrected chi connectivity index (χ2v) is 11.6. The molecule has 2 amide bonds. The minimum absolute atomic E-state index is 0.0935. The normalized spacial score (nSPS) is 38.6. The summed E-state index contributed by atoms with van der Waals surface area (Å²) in [5.74, 6) is 1.17. The standard InChI is InChI=1S/C23H37N3O3S/c24-23(10-3-11-23)22(28)26-14-12-25(13-15-26)20(27)16-6-8-17(9-7-16)21-29-18-4-1-2-5-19(18)30-21/h16-19,21H,1-15,24H2. The van der Waals surface area contributed by atoms with Gasteiger partial charge in [0.25, 0.3) is 0 Å². The topological polar surface area (TPSA) is 75.9 Å². The molecule has 0 bridgehead atoms. The van der Waals surface area contributed by atoms with E-state index in [0.717, 1.165) is 50.2 Å². The molecule has 3 saturated carbocycles. The zero-order valence-electron chi connectivity index (χ0n) is 18.1. The average Bonchev–Trinajstić information content (AvgIpc) is 3.21. The van der Waals surface area contributed by atoms with Crippen LogP contribution in [0.4, 0.5) is 0 Å². The zero-order chi connectivity index (χ0) is 20.7. The quantitative estimate of drug-likeness (QED) is 0.738. The molecule has 0 aromatic rings. The third-order valence-electron chi connectivity index (χ3n) is 8.32. The molecule has 0 aromatic heterocycles. The number of carbonyl (C=O) groups excluding carboxylic acids is 2. The van der Waals surface area contributed by atoms with Crippen molar-refractivity contribution >= 4 is 23.6 Å². The molecule has 5 fully saturated rings. The Labute approximate surface area is 184 Å². The molecule has 0 radical (unpaired) electrons. The van der Waals surface area contributed by atoms with Crippen LogP contribution in [0.2, 0.25) is 0 Å². The number of carbonyl (C=O) groups is 2. The number of amides is 2. The minimum atomic E-state index is -0.623. The van der Waals surface area contributed by atoms with E-state index in [-0.39, 0.29) is 11.8 Å². The van der Waals surface area contributed by atoms with E-state index in [1.54, 1.807) is 0 Å². The average molecular weight is 436 g/mol. The fourth-order valence-electron chi connectivity index (χ4n) is 6.09. The Morgan fingerprint density at radius 3 is 2.17 bits per heavy atom. The van der Waals surface area contributed by atoms with E-state index >= 15 is 0 Å². The van der Waals surface area contributed by atoms with Gasteiger partial charge < -0.3 is 20.3 Å². The van der Waals surface area contributed by atoms with Crippen LogP contribution >= 0.6 is 11.8 Å². The maximum atomic E-state index is 13.1. The number of ether oxygens (including phenoxy) is 1. The Balaban J connectivity index is 1.07. The maximum Gasteiger partial charge on any atom is 0.242 e. The number of rotatable bonds is 3. The molecule has 5 aliphatic rings. The highest BCUT2D eigenvalue weighted by molar-refractivity contribution is 8.00. The van der Waals surface area contributed by atoms with Gasteiger partial charge in [0.2, 0.25) is 11.8 Å². The van der Waals surface area contributed by atoms with Crippen molar-refractivity contribution in [2.75, 3.05) is 26.2 Å². The molecule has 2 heterocycles. The Hall–Kier alpha value is -0.790. The Morgan fingerprint density at radius 2 is 1.53 bits per heavy atom. The lowest BCUT2D eigenvalue weighted by molar-refractivity contribution is -0.147. The van der Waals surface area contributed by atoms with Crippen LogP contribution in [0.1, 0.15) is 70.6 Å². The molecule has 168 valence electrons. The van der Waals surface area contributed by atoms with Gasteiger partial charge in [0.05, 0.1) is 11.6 Å². The smallest absolute Gasteiger partial charge is 0.242 e. The second kappa shape index (κ2) is 8.62. The first-order valence-corrected chi connectivity index (χ1v) is 13.2. The van der Waals surface area contributed by atoms with E-state index in [4.69, 9.17) is 10.5 Å². The van der Waals surface area contributed by atoms with Crippen LogP contribution in [0.25, 0.3) is 0 Å². The minimum Gasteiger partial charge on any atom is -0.363 e. The molecular weight excluding hydrogens is 398 g/mol. The summed E-state index contributed by atoms with van der Waals surface area (Å²) in [6.07, 6.45) is 12.6. The number of piperazine rings is 1. The third kappa shape index (κ3) is 4.02. The van der Waals surface area contributed by atoms with Crippen LogP contribution in [0, 0.1) is 11.8 Å². The predicted molar refractivity (Wildman–Crippen MR) is 118 cm³/mol. The van der Waals surface area contributed by atoms with Gasteiger partial charge in [0.15, 0.2) is 0 Å². The van der Waals surface area contributed by atoms with Crippen LogP contribution < -0.4 is 5.73 Å². The lowest BCUT2D eigenvalue weighted by Crippen LogP contribution is -2.63. The molecule has 0 aromatic carbocycles. The van der Waals surface area contributed by atoms with Gasteiger partial charge in [-0.2, -0.15) is 0 Å². The molecule has 2 aliphatic heterocycles. The highest BCUT2D eigenvalue weighted by Crippen LogP contribution is 2.47. The highest BCUT2D eigenvalue weighted by Gasteiger charge is 2.45. The number of thioether (sulfide) groups is 1. The van der Waals surface area contributed by atoms with Crippen molar-refractivity contribution in [1.29, 1.82) is 0 Å². The Morgan fingerprint density at radius 1 is 0.867 bits per heavy atom. The van der Waals surface area contributed by atoms with Gasteiger partial charge in [-0.25, -0.2) is 0 Å². The SMILES string of the molecule is NC1(C(=O)N2CCN(C(=O)C3CCC(C4OC5CCCCC5S4)CC3)CC2)CCC1. The van der Waals surface area contributed by atoms with E-state index in [2.05, 4.69) is 11.8 Å². The van der Waals surface area contributed by atoms with Gasteiger partial charge in [-0.15, -0.1) is 11.8 Å². The van der Waals surface area contributed by atoms with E-state index in [9.17, 15) is 9.59 Å². The monoisotopic (exact) mass is 435 g/mol. The molecule has 3 unspecified atom stereocenters. The van der Waals surface area contributed by atoms with Gasteiger partial charge in [-0.1, -0.05) is 12.8 Å². The first-order valence-electron chi connectivity index (χ1n) is 12.2. The van der Waals surface area contributed by atoms with E-state index in [1.165, 1.54) is 25.7 Å². The van der Waals surface area contributed by atoms with Crippen molar-refractivity contribution in [2.45, 2.75) is 93.0 Å². The van der Waals surface area contributed by atoms with Crippen molar-refractivity contribution in [3.05, 3.63) is 0 Å². The van der Waals surface area contributed by atoms with Crippen molar-refractivity contribution in [3.63, 3.8) is 0 Å². The van der Waals surface area contributed by atoms with E-state index in [1.807, 2.05) is 9.80 Å². The number of hydrogen-bond acceptors (Lipinski definition) is 5. The molecule has 3 atom stereocenters. The second-order valence-electron chi connectivity index (χ2n) is 10.2. The van der Waals surface area contributed by atoms with Gasteiger partial charge in [0, 0.05) is 37.3 Å². The Bertz CT molecular complexity index is 640. The lowest BCUT2D eigenvalue weighted by atomic mass is 9.76. The highest BCUT2D eigenvalue weighted by atomic mass is 32.2. The summed E-state index contributed by atoms with van der Waals surface area (Å²) in [4.78, 5) is 29.6. The summed E-state index contributed by atoms with van der Waals surface area (Å²) in [7, 11) is 0. The fourth-order valence-corrected chi connectivity index (χ4v) is 7.81. The number of nitrogens with two attached hydrogens (primary N) is 1. The van der Waals surface area contributed by atoms with Crippen molar-refractivity contribution in [3.8, 4) is 0 Å². The molecule has 30 heavy (non-hydrogen) atoms. The number of nitrogens with zero attached hydrogens (tertiary/aromatic N) is 2. The van der Waals surface area contributed by atoms with Crippen molar-refractivity contribution < 1.29 is 14.3 Å². The van der Waals surface area contributed by atoms with E-state index in [0.29, 0.717) is 49.5 Å². The zero-order valence-corrected chi connectivity index (χ0v) is 18.9. The molecular formula is C23H37N3O3S. The number of fused-ring (bicyclic) bond motifs is 1. The largest absolute Gasteiger partial charge is 0.363 e. The molecule has 2 saturated heterocycles. The van der Waals surface area contributed by atoms with Gasteiger partial charge in [-0.05, 0) is 63.7 Å². The molecule has 5 rings (SSSR count). The molecule has 7 heteroatoms. The van der Waals surface area contributed by atoms with Gasteiger partial charge >= 0.3 is 0 Å². The van der Waals surface area contributed by atoms with Crippen molar-refractivity contribution in [1.82, 2.24) is 9.80 Å². The first kappa shape index (κ1) is 21.1. The van der Waals surface area contributed by atoms with Crippen LogP contribution in [-0.4, -0.2) is 70.1 Å². The van der Waals surface area contributed by atoms with Crippen LogP contribution in [-0.2, 0) is 14.3 Å². The summed E-state index contributed by atoms with van der Waals surface area (Å²) < 4.78 is 6.41. The Kier molecular flexibility index (Phi) is 6.06. The summed E-state index contributed by atoms with van der Waals surface area (Å²) in [5.41, 5.74) is 5.95. The van der Waals surface area contributed by atoms with Crippen LogP contribution in [0.3, 0.4) is 0 Å². The first-order chi connectivity index (χ1) is 14.5. The van der Waals surface area contributed by atoms with Crippen LogP contribution in [0.15, 0.2) is 0 Å². The van der Waals surface area contributed by atoms with Crippen LogP contribution in [0.5, 0.6) is 0 Å². The lowest BCUT2D eigenvalue weighted by Gasteiger charge is -2.44. The summed E-state index contributed by atoms with van der Waals surface area (Å²) >= 11 is 2.08. The molecule has 0 spiro atoms. The summed E-state index contributed by atoms with van der Waals surface area (Å²) in [5, 5.41) is 0.717. The van der Waals surface area contributed by atoms with Gasteiger partial charge in [0.1, 0.15) is 5.44 Å². The number of hydrogen-bond donors (Lipinski definition) is 1. The maximum absolute atomic E-state index is 13.1. The molecule has 3 aliphatic carbocycles. The molecule has 2 N–H and O–H groups in total. The van der Waals surface area contributed by atoms with Crippen molar-refractivity contribution in [2.24, 2.45) is 17.6 Å². The summed E-state index contributed by atoms with van der Waals surface area (Å²) in [6.45, 7) is 2.58. The fraction of sp³-hybridized carbons (Fsp3) is 0.913. The summed E-state index contributed by atoms with van der Waals surface area (Å²) in [6, 6.07) is 0. The molecule has 6 nitrogen and oxygen atoms in total. The predicted octanol–water partition coefficient (Wildman–Crippen LogP) is 2.75.